The molecule has 0 unspecified atom stereocenters. The van der Waals surface area contributed by atoms with Gasteiger partial charge in [0.15, 0.2) is 0 Å². The number of nitro benzene ring substituents is 1. The van der Waals surface area contributed by atoms with Crippen molar-refractivity contribution in [1.82, 2.24) is 0 Å². The van der Waals surface area contributed by atoms with Gasteiger partial charge in [0.1, 0.15) is 5.75 Å². The third-order valence-corrected chi connectivity index (χ3v) is 6.72. The zero-order chi connectivity index (χ0) is 22.6. The number of nitrogens with zero attached hydrogens (tertiary/aromatic N) is 2. The second-order valence-corrected chi connectivity index (χ2v) is 9.22. The lowest BCUT2D eigenvalue weighted by Crippen LogP contribution is -2.30. The average Bonchev–Trinajstić information content (AvgIpc) is 2.78. The third-order valence-electron chi connectivity index (χ3n) is 4.95. The third kappa shape index (κ3) is 5.03. The minimum atomic E-state index is -4.07. The van der Waals surface area contributed by atoms with Crippen LogP contribution in [0.4, 0.5) is 11.4 Å². The lowest BCUT2D eigenvalue weighted by atomic mass is 10.0. The molecule has 0 aliphatic carbocycles. The van der Waals surface area contributed by atoms with Crippen molar-refractivity contribution >= 4 is 21.4 Å². The fourth-order valence-electron chi connectivity index (χ4n) is 3.12. The molecule has 162 valence electrons. The van der Waals surface area contributed by atoms with E-state index in [0.717, 1.165) is 17.2 Å². The van der Waals surface area contributed by atoms with Crippen molar-refractivity contribution in [2.24, 2.45) is 0 Å². The Kier molecular flexibility index (Phi) is 6.60. The zero-order valence-corrected chi connectivity index (χ0v) is 18.4. The van der Waals surface area contributed by atoms with Gasteiger partial charge in [-0.05, 0) is 47.4 Å². The Morgan fingerprint density at radius 1 is 1.00 bits per heavy atom. The van der Waals surface area contributed by atoms with Gasteiger partial charge in [-0.25, -0.2) is 8.42 Å². The van der Waals surface area contributed by atoms with Gasteiger partial charge in [0.05, 0.1) is 29.2 Å². The minimum absolute atomic E-state index is 0.0791. The van der Waals surface area contributed by atoms with E-state index in [0.29, 0.717) is 17.4 Å². The van der Waals surface area contributed by atoms with Crippen LogP contribution in [0.25, 0.3) is 0 Å². The maximum absolute atomic E-state index is 13.5. The molecule has 0 N–H and O–H groups in total. The van der Waals surface area contributed by atoms with E-state index in [1.54, 1.807) is 24.3 Å². The van der Waals surface area contributed by atoms with Crippen LogP contribution >= 0.6 is 0 Å². The first kappa shape index (κ1) is 22.3. The van der Waals surface area contributed by atoms with Crippen molar-refractivity contribution in [3.05, 3.63) is 94.0 Å². The summed E-state index contributed by atoms with van der Waals surface area (Å²) in [6.45, 7) is 4.26. The summed E-state index contributed by atoms with van der Waals surface area (Å²) in [6, 6.07) is 19.5. The summed E-state index contributed by atoms with van der Waals surface area (Å²) < 4.78 is 33.4. The Morgan fingerprint density at radius 2 is 1.65 bits per heavy atom. The average molecular weight is 441 g/mol. The molecule has 0 atom stereocenters. The van der Waals surface area contributed by atoms with E-state index in [9.17, 15) is 18.5 Å². The number of hydrogen-bond donors (Lipinski definition) is 0. The van der Waals surface area contributed by atoms with Crippen molar-refractivity contribution in [2.75, 3.05) is 11.4 Å². The molecule has 0 fully saturated rings. The van der Waals surface area contributed by atoms with Crippen LogP contribution in [0.5, 0.6) is 5.75 Å². The maximum atomic E-state index is 13.5. The molecule has 31 heavy (non-hydrogen) atoms. The fourth-order valence-corrected chi connectivity index (χ4v) is 4.62. The Labute approximate surface area is 182 Å². The summed E-state index contributed by atoms with van der Waals surface area (Å²) in [4.78, 5) is 10.4. The fraction of sp³-hybridized carbons (Fsp3) is 0.217. The van der Waals surface area contributed by atoms with E-state index in [-0.39, 0.29) is 17.1 Å². The van der Waals surface area contributed by atoms with Crippen LogP contribution in [0.2, 0.25) is 0 Å². The summed E-state index contributed by atoms with van der Waals surface area (Å²) in [7, 11) is -2.54. The van der Waals surface area contributed by atoms with Crippen LogP contribution in [0.15, 0.2) is 77.7 Å². The van der Waals surface area contributed by atoms with Crippen molar-refractivity contribution < 1.29 is 18.1 Å². The highest BCUT2D eigenvalue weighted by atomic mass is 32.2. The molecule has 0 aromatic heterocycles. The largest absolute Gasteiger partial charge is 0.497 e. The molecule has 0 amide bonds. The molecule has 3 aromatic rings. The topological polar surface area (TPSA) is 89.8 Å². The number of ether oxygens (including phenoxy) is 1. The minimum Gasteiger partial charge on any atom is -0.497 e. The molecule has 0 spiro atoms. The highest BCUT2D eigenvalue weighted by Crippen LogP contribution is 2.29. The quantitative estimate of drug-likeness (QED) is 0.358. The monoisotopic (exact) mass is 440 g/mol. The number of benzene rings is 3. The van der Waals surface area contributed by atoms with Crippen LogP contribution in [-0.2, 0) is 16.6 Å². The van der Waals surface area contributed by atoms with Gasteiger partial charge < -0.3 is 4.74 Å². The molecule has 0 radical (unpaired) electrons. The van der Waals surface area contributed by atoms with E-state index in [2.05, 4.69) is 13.8 Å². The van der Waals surface area contributed by atoms with Crippen LogP contribution in [0, 0.1) is 10.1 Å². The van der Waals surface area contributed by atoms with Crippen LogP contribution < -0.4 is 9.04 Å². The maximum Gasteiger partial charge on any atom is 0.270 e. The number of non-ortho nitro benzene ring substituents is 1. The second-order valence-electron chi connectivity index (χ2n) is 7.36. The van der Waals surface area contributed by atoms with Gasteiger partial charge in [-0.15, -0.1) is 0 Å². The molecule has 0 aliphatic rings. The zero-order valence-electron chi connectivity index (χ0n) is 17.6. The molecular formula is C23H24N2O5S. The molecular weight excluding hydrogens is 416 g/mol. The van der Waals surface area contributed by atoms with Gasteiger partial charge in [-0.3, -0.25) is 14.4 Å². The van der Waals surface area contributed by atoms with E-state index in [1.807, 2.05) is 24.3 Å². The Hall–Kier alpha value is -3.39. The summed E-state index contributed by atoms with van der Waals surface area (Å²) in [5, 5.41) is 11.2. The Balaban J connectivity index is 2.05. The predicted molar refractivity (Wildman–Crippen MR) is 120 cm³/mol. The summed E-state index contributed by atoms with van der Waals surface area (Å²) in [5.41, 5.74) is 2.10. The number of nitro groups is 1. The van der Waals surface area contributed by atoms with E-state index >= 15 is 0 Å². The van der Waals surface area contributed by atoms with Gasteiger partial charge in [0.2, 0.25) is 0 Å². The standard InChI is InChI=1S/C23H24N2O5S/c1-17(2)19-9-7-18(8-10-19)16-24(20-11-13-22(30-3)14-12-20)31(28,29)23-6-4-5-21(15-23)25(26)27/h4-15,17H,16H2,1-3H3. The predicted octanol–water partition coefficient (Wildman–Crippen LogP) is 5.12. The molecule has 7 nitrogen and oxygen atoms in total. The number of sulfonamides is 1. The number of anilines is 1. The van der Waals surface area contributed by atoms with Crippen LogP contribution in [-0.4, -0.2) is 20.5 Å². The van der Waals surface area contributed by atoms with Crippen molar-refractivity contribution in [3.8, 4) is 5.75 Å². The molecule has 3 aromatic carbocycles. The summed E-state index contributed by atoms with van der Waals surface area (Å²) >= 11 is 0. The van der Waals surface area contributed by atoms with Gasteiger partial charge in [-0.2, -0.15) is 0 Å². The lowest BCUT2D eigenvalue weighted by molar-refractivity contribution is -0.385. The molecule has 0 aliphatic heterocycles. The van der Waals surface area contributed by atoms with Crippen molar-refractivity contribution in [3.63, 3.8) is 0 Å². The Bertz CT molecular complexity index is 1160. The highest BCUT2D eigenvalue weighted by molar-refractivity contribution is 7.92. The first-order chi connectivity index (χ1) is 14.7. The molecule has 0 saturated heterocycles. The molecule has 0 heterocycles. The first-order valence-electron chi connectivity index (χ1n) is 9.72. The Morgan fingerprint density at radius 3 is 2.19 bits per heavy atom. The van der Waals surface area contributed by atoms with Gasteiger partial charge in [0.25, 0.3) is 15.7 Å². The lowest BCUT2D eigenvalue weighted by Gasteiger charge is -2.25. The van der Waals surface area contributed by atoms with E-state index < -0.39 is 14.9 Å². The molecule has 8 heteroatoms. The highest BCUT2D eigenvalue weighted by Gasteiger charge is 2.27. The second kappa shape index (κ2) is 9.18. The van der Waals surface area contributed by atoms with Crippen molar-refractivity contribution in [2.45, 2.75) is 31.2 Å². The number of rotatable bonds is 8. The van der Waals surface area contributed by atoms with Gasteiger partial charge in [-0.1, -0.05) is 44.2 Å². The number of methoxy groups -OCH3 is 1. The van der Waals surface area contributed by atoms with Gasteiger partial charge >= 0.3 is 0 Å². The molecule has 0 bridgehead atoms. The van der Waals surface area contributed by atoms with E-state index in [1.165, 1.54) is 29.6 Å². The smallest absolute Gasteiger partial charge is 0.270 e. The summed E-state index contributed by atoms with van der Waals surface area (Å²) in [5.74, 6) is 0.957. The van der Waals surface area contributed by atoms with Gasteiger partial charge in [0, 0.05) is 12.1 Å². The normalized spacial score (nSPS) is 11.4. The van der Waals surface area contributed by atoms with Crippen molar-refractivity contribution in [1.29, 1.82) is 0 Å². The van der Waals surface area contributed by atoms with Crippen LogP contribution in [0.3, 0.4) is 0 Å². The SMILES string of the molecule is COc1ccc(N(Cc2ccc(C(C)C)cc2)S(=O)(=O)c2cccc([N+](=O)[O-])c2)cc1. The summed E-state index contributed by atoms with van der Waals surface area (Å²) in [6.07, 6.45) is 0. The van der Waals surface area contributed by atoms with Crippen LogP contribution in [0.1, 0.15) is 30.9 Å². The first-order valence-corrected chi connectivity index (χ1v) is 11.2. The van der Waals surface area contributed by atoms with E-state index in [4.69, 9.17) is 4.74 Å². The molecule has 3 rings (SSSR count). The number of hydrogen-bond acceptors (Lipinski definition) is 5. The molecule has 0 saturated carbocycles.